The summed E-state index contributed by atoms with van der Waals surface area (Å²) in [5, 5.41) is 12.4. The molecule has 0 bridgehead atoms. The maximum atomic E-state index is 12.7. The molecular formula is C20H21N5O2. The first-order valence-electron chi connectivity index (χ1n) is 8.86. The smallest absolute Gasteiger partial charge is 0.251 e. The van der Waals surface area contributed by atoms with Gasteiger partial charge in [-0.3, -0.25) is 9.20 Å². The van der Waals surface area contributed by atoms with Crippen LogP contribution in [0.15, 0.2) is 54.9 Å². The van der Waals surface area contributed by atoms with Crippen LogP contribution in [-0.2, 0) is 11.3 Å². The van der Waals surface area contributed by atoms with Crippen LogP contribution >= 0.6 is 0 Å². The zero-order valence-electron chi connectivity index (χ0n) is 15.3. The molecule has 0 fully saturated rings. The maximum absolute atomic E-state index is 12.7. The molecule has 0 spiro atoms. The number of hydrogen-bond acceptors (Lipinski definition) is 4. The van der Waals surface area contributed by atoms with Gasteiger partial charge in [-0.1, -0.05) is 6.07 Å². The summed E-state index contributed by atoms with van der Waals surface area (Å²) in [7, 11) is 1.69. The Kier molecular flexibility index (Phi) is 4.60. The van der Waals surface area contributed by atoms with E-state index in [1.54, 1.807) is 7.11 Å². The molecule has 1 N–H and O–H groups in total. The van der Waals surface area contributed by atoms with Crippen molar-refractivity contribution >= 4 is 22.5 Å². The Hall–Kier alpha value is -3.19. The molecule has 4 rings (SSSR count). The molecule has 3 heterocycles. The summed E-state index contributed by atoms with van der Waals surface area (Å²) >= 11 is 0. The number of amides is 1. The highest BCUT2D eigenvalue weighted by molar-refractivity contribution is 5.98. The van der Waals surface area contributed by atoms with Gasteiger partial charge in [-0.15, -0.1) is 10.2 Å². The molecule has 7 heteroatoms. The van der Waals surface area contributed by atoms with Crippen molar-refractivity contribution in [3.8, 4) is 0 Å². The van der Waals surface area contributed by atoms with Crippen LogP contribution in [0, 0.1) is 0 Å². The highest BCUT2D eigenvalue weighted by Crippen LogP contribution is 2.19. The lowest BCUT2D eigenvalue weighted by atomic mass is 10.1. The van der Waals surface area contributed by atoms with Gasteiger partial charge >= 0.3 is 0 Å². The average molecular weight is 363 g/mol. The molecule has 0 saturated heterocycles. The molecule has 1 aromatic carbocycles. The van der Waals surface area contributed by atoms with Crippen molar-refractivity contribution in [3.05, 3.63) is 66.2 Å². The summed E-state index contributed by atoms with van der Waals surface area (Å²) in [4.78, 5) is 12.7. The average Bonchev–Trinajstić information content (AvgIpc) is 3.30. The van der Waals surface area contributed by atoms with Crippen molar-refractivity contribution in [3.63, 3.8) is 0 Å². The lowest BCUT2D eigenvalue weighted by Gasteiger charge is -2.13. The number of fused-ring (bicyclic) bond motifs is 2. The highest BCUT2D eigenvalue weighted by atomic mass is 16.5. The standard InChI is InChI=1S/C20H21N5O2/c1-14(19-23-22-18-5-3-4-9-25(18)19)21-20(26)16-6-7-17-15(13-16)8-10-24(17)11-12-27-2/h3-10,13-14H,11-12H2,1-2H3,(H,21,26)/t14-/m1/s1. The van der Waals surface area contributed by atoms with Gasteiger partial charge in [-0.05, 0) is 43.3 Å². The second-order valence-corrected chi connectivity index (χ2v) is 6.46. The van der Waals surface area contributed by atoms with Crippen LogP contribution < -0.4 is 5.32 Å². The summed E-state index contributed by atoms with van der Waals surface area (Å²) < 4.78 is 9.13. The second kappa shape index (κ2) is 7.20. The fraction of sp³-hybridized carbons (Fsp3) is 0.250. The predicted octanol–water partition coefficient (Wildman–Crippen LogP) is 2.82. The van der Waals surface area contributed by atoms with E-state index in [4.69, 9.17) is 4.74 Å². The third-order valence-corrected chi connectivity index (χ3v) is 4.64. The molecule has 7 nitrogen and oxygen atoms in total. The monoisotopic (exact) mass is 363 g/mol. The fourth-order valence-electron chi connectivity index (χ4n) is 3.23. The minimum Gasteiger partial charge on any atom is -0.383 e. The van der Waals surface area contributed by atoms with E-state index in [0.29, 0.717) is 18.0 Å². The second-order valence-electron chi connectivity index (χ2n) is 6.46. The van der Waals surface area contributed by atoms with Gasteiger partial charge in [-0.2, -0.15) is 0 Å². The van der Waals surface area contributed by atoms with Crippen molar-refractivity contribution in [2.24, 2.45) is 0 Å². The third-order valence-electron chi connectivity index (χ3n) is 4.64. The lowest BCUT2D eigenvalue weighted by Crippen LogP contribution is -2.28. The van der Waals surface area contributed by atoms with Crippen LogP contribution in [0.25, 0.3) is 16.6 Å². The van der Waals surface area contributed by atoms with Crippen molar-refractivity contribution in [1.29, 1.82) is 0 Å². The highest BCUT2D eigenvalue weighted by Gasteiger charge is 2.17. The van der Waals surface area contributed by atoms with Crippen molar-refractivity contribution in [1.82, 2.24) is 24.5 Å². The first-order valence-corrected chi connectivity index (χ1v) is 8.86. The Labute approximate surface area is 156 Å². The Morgan fingerprint density at radius 3 is 2.93 bits per heavy atom. The van der Waals surface area contributed by atoms with Crippen molar-refractivity contribution in [2.45, 2.75) is 19.5 Å². The summed E-state index contributed by atoms with van der Waals surface area (Å²) in [6, 6.07) is 13.2. The topological polar surface area (TPSA) is 73.4 Å². The third kappa shape index (κ3) is 3.29. The largest absolute Gasteiger partial charge is 0.383 e. The number of pyridine rings is 1. The summed E-state index contributed by atoms with van der Waals surface area (Å²) in [5.74, 6) is 0.562. The van der Waals surface area contributed by atoms with Gasteiger partial charge in [0.2, 0.25) is 0 Å². The number of nitrogens with one attached hydrogen (secondary N) is 1. The van der Waals surface area contributed by atoms with Gasteiger partial charge in [0, 0.05) is 42.5 Å². The quantitative estimate of drug-likeness (QED) is 0.572. The van der Waals surface area contributed by atoms with E-state index in [1.165, 1.54) is 0 Å². The number of hydrogen-bond donors (Lipinski definition) is 1. The number of carbonyl (C=O) groups excluding carboxylic acids is 1. The normalized spacial score (nSPS) is 12.5. The number of benzene rings is 1. The number of ether oxygens (including phenoxy) is 1. The van der Waals surface area contributed by atoms with Crippen LogP contribution in [0.2, 0.25) is 0 Å². The first kappa shape index (κ1) is 17.2. The lowest BCUT2D eigenvalue weighted by molar-refractivity contribution is 0.0938. The Morgan fingerprint density at radius 2 is 2.07 bits per heavy atom. The zero-order valence-corrected chi connectivity index (χ0v) is 15.3. The van der Waals surface area contributed by atoms with E-state index in [2.05, 4.69) is 20.1 Å². The predicted molar refractivity (Wildman–Crippen MR) is 103 cm³/mol. The number of rotatable bonds is 6. The van der Waals surface area contributed by atoms with E-state index in [-0.39, 0.29) is 11.9 Å². The first-order chi connectivity index (χ1) is 13.2. The molecule has 1 amide bonds. The summed E-state index contributed by atoms with van der Waals surface area (Å²) in [6.45, 7) is 3.33. The molecule has 0 aliphatic carbocycles. The Bertz CT molecular complexity index is 1100. The molecular weight excluding hydrogens is 342 g/mol. The van der Waals surface area contributed by atoms with Gasteiger partial charge in [0.25, 0.3) is 5.91 Å². The van der Waals surface area contributed by atoms with Gasteiger partial charge in [0.15, 0.2) is 11.5 Å². The van der Waals surface area contributed by atoms with Gasteiger partial charge in [-0.25, -0.2) is 0 Å². The van der Waals surface area contributed by atoms with Crippen LogP contribution in [0.3, 0.4) is 0 Å². The molecule has 0 saturated carbocycles. The van der Waals surface area contributed by atoms with Gasteiger partial charge in [0.05, 0.1) is 12.6 Å². The SMILES string of the molecule is COCCn1ccc2cc(C(=O)N[C@H](C)c3nnc4ccccn34)ccc21. The van der Waals surface area contributed by atoms with E-state index < -0.39 is 0 Å². The van der Waals surface area contributed by atoms with Crippen molar-refractivity contribution in [2.75, 3.05) is 13.7 Å². The molecule has 4 aromatic rings. The van der Waals surface area contributed by atoms with Crippen LogP contribution in [0.4, 0.5) is 0 Å². The molecule has 27 heavy (non-hydrogen) atoms. The molecule has 0 aliphatic rings. The van der Waals surface area contributed by atoms with Crippen LogP contribution in [0.1, 0.15) is 29.1 Å². The van der Waals surface area contributed by atoms with E-state index in [9.17, 15) is 4.79 Å². The fourth-order valence-corrected chi connectivity index (χ4v) is 3.23. The molecule has 1 atom stereocenters. The Balaban J connectivity index is 1.54. The molecule has 0 unspecified atom stereocenters. The number of aromatic nitrogens is 4. The maximum Gasteiger partial charge on any atom is 0.251 e. The number of nitrogens with zero attached hydrogens (tertiary/aromatic N) is 4. The van der Waals surface area contributed by atoms with E-state index in [0.717, 1.165) is 23.1 Å². The van der Waals surface area contributed by atoms with Gasteiger partial charge in [0.1, 0.15) is 0 Å². The molecule has 0 radical (unpaired) electrons. The van der Waals surface area contributed by atoms with E-state index in [1.807, 2.05) is 66.2 Å². The zero-order chi connectivity index (χ0) is 18.8. The number of carbonyl (C=O) groups is 1. The summed E-state index contributed by atoms with van der Waals surface area (Å²) in [5.41, 5.74) is 2.46. The van der Waals surface area contributed by atoms with Gasteiger partial charge < -0.3 is 14.6 Å². The molecule has 0 aliphatic heterocycles. The van der Waals surface area contributed by atoms with Crippen molar-refractivity contribution < 1.29 is 9.53 Å². The Morgan fingerprint density at radius 1 is 1.19 bits per heavy atom. The van der Waals surface area contributed by atoms with Crippen LogP contribution in [-0.4, -0.2) is 38.8 Å². The van der Waals surface area contributed by atoms with E-state index >= 15 is 0 Å². The molecule has 138 valence electrons. The van der Waals surface area contributed by atoms with Crippen LogP contribution in [0.5, 0.6) is 0 Å². The number of methoxy groups -OCH3 is 1. The molecule has 3 aromatic heterocycles. The minimum atomic E-state index is -0.267. The minimum absolute atomic E-state index is 0.137. The summed E-state index contributed by atoms with van der Waals surface area (Å²) in [6.07, 6.45) is 3.90.